The predicted octanol–water partition coefficient (Wildman–Crippen LogP) is 4.84. The van der Waals surface area contributed by atoms with Crippen molar-refractivity contribution in [1.82, 2.24) is 5.32 Å². The lowest BCUT2D eigenvalue weighted by Crippen LogP contribution is -2.40. The van der Waals surface area contributed by atoms with Crippen LogP contribution in [0.2, 0.25) is 0 Å². The highest BCUT2D eigenvalue weighted by molar-refractivity contribution is 5.73. The Morgan fingerprint density at radius 1 is 1.00 bits per heavy atom. The van der Waals surface area contributed by atoms with Gasteiger partial charge >= 0.3 is 12.1 Å². The van der Waals surface area contributed by atoms with Gasteiger partial charge in [-0.3, -0.25) is 4.79 Å². The molecule has 0 aliphatic heterocycles. The summed E-state index contributed by atoms with van der Waals surface area (Å²) in [5.41, 5.74) is 1.75. The van der Waals surface area contributed by atoms with Crippen molar-refractivity contribution in [3.63, 3.8) is 0 Å². The molecule has 0 bridgehead atoms. The van der Waals surface area contributed by atoms with E-state index in [1.165, 1.54) is 5.56 Å². The number of nitrogens with one attached hydrogen (secondary N) is 1. The Morgan fingerprint density at radius 2 is 1.67 bits per heavy atom. The summed E-state index contributed by atoms with van der Waals surface area (Å²) in [6.07, 6.45) is 5.55. The second kappa shape index (κ2) is 12.4. The number of alkyl carbamates (subject to hydrolysis) is 1. The second-order valence-corrected chi connectivity index (χ2v) is 9.95. The fourth-order valence-corrected chi connectivity index (χ4v) is 3.62. The van der Waals surface area contributed by atoms with Crippen LogP contribution in [0, 0.1) is 11.8 Å². The third-order valence-corrected chi connectivity index (χ3v) is 5.27. The van der Waals surface area contributed by atoms with E-state index in [0.29, 0.717) is 6.42 Å². The SMILES string of the molecule is CC(C)[C@H](CCc1ccc[n+](COC(=O)N[C@@H](C)Cc2ccccc2)c1)C(=O)OC(C)(C)C. The zero-order valence-electron chi connectivity index (χ0n) is 20.8. The summed E-state index contributed by atoms with van der Waals surface area (Å²) in [6, 6.07) is 13.9. The van der Waals surface area contributed by atoms with E-state index in [1.54, 1.807) is 0 Å². The Kier molecular flexibility index (Phi) is 9.89. The number of nitrogens with zero attached hydrogens (tertiary/aromatic N) is 1. The first-order chi connectivity index (χ1) is 15.5. The number of carbonyl (C=O) groups is 2. The number of aromatic nitrogens is 1. The number of aryl methyl sites for hydroxylation is 1. The topological polar surface area (TPSA) is 68.5 Å². The molecule has 1 heterocycles. The summed E-state index contributed by atoms with van der Waals surface area (Å²) in [4.78, 5) is 24.8. The fourth-order valence-electron chi connectivity index (χ4n) is 3.62. The van der Waals surface area contributed by atoms with Crippen molar-refractivity contribution >= 4 is 12.1 Å². The van der Waals surface area contributed by atoms with Crippen LogP contribution in [-0.2, 0) is 33.8 Å². The van der Waals surface area contributed by atoms with Gasteiger partial charge in [-0.05, 0) is 64.5 Å². The van der Waals surface area contributed by atoms with Gasteiger partial charge in [-0.15, -0.1) is 0 Å². The molecule has 33 heavy (non-hydrogen) atoms. The van der Waals surface area contributed by atoms with Crippen LogP contribution in [0.15, 0.2) is 54.9 Å². The van der Waals surface area contributed by atoms with Gasteiger partial charge < -0.3 is 14.8 Å². The normalized spacial score (nSPS) is 13.3. The first-order valence-electron chi connectivity index (χ1n) is 11.7. The summed E-state index contributed by atoms with van der Waals surface area (Å²) in [5.74, 6) is -0.113. The zero-order valence-corrected chi connectivity index (χ0v) is 20.8. The number of ether oxygens (including phenoxy) is 2. The van der Waals surface area contributed by atoms with Gasteiger partial charge in [-0.2, -0.15) is 4.57 Å². The summed E-state index contributed by atoms with van der Waals surface area (Å²) in [5, 5.41) is 2.87. The van der Waals surface area contributed by atoms with Gasteiger partial charge in [0.2, 0.25) is 0 Å². The Balaban J connectivity index is 1.84. The van der Waals surface area contributed by atoms with Crippen LogP contribution in [0.25, 0.3) is 0 Å². The first kappa shape index (κ1) is 26.4. The van der Waals surface area contributed by atoms with E-state index < -0.39 is 11.7 Å². The molecule has 0 aliphatic rings. The average Bonchev–Trinajstić information content (AvgIpc) is 2.72. The van der Waals surface area contributed by atoms with E-state index in [0.717, 1.165) is 18.4 Å². The quantitative estimate of drug-likeness (QED) is 0.411. The lowest BCUT2D eigenvalue weighted by molar-refractivity contribution is -0.727. The molecule has 0 aliphatic carbocycles. The maximum atomic E-state index is 12.6. The minimum atomic E-state index is -0.490. The average molecular weight is 456 g/mol. The molecule has 0 saturated carbocycles. The molecule has 0 radical (unpaired) electrons. The number of amides is 1. The molecule has 0 saturated heterocycles. The molecular formula is C27H39N2O4+. The lowest BCUT2D eigenvalue weighted by Gasteiger charge is -2.25. The molecule has 0 spiro atoms. The third kappa shape index (κ3) is 10.1. The molecule has 2 aromatic rings. The summed E-state index contributed by atoms with van der Waals surface area (Å²) in [6.45, 7) is 11.8. The minimum absolute atomic E-state index is 0.0305. The number of benzene rings is 1. The highest BCUT2D eigenvalue weighted by atomic mass is 16.6. The fraction of sp³-hybridized carbons (Fsp3) is 0.519. The minimum Gasteiger partial charge on any atom is -0.460 e. The van der Waals surface area contributed by atoms with E-state index >= 15 is 0 Å². The van der Waals surface area contributed by atoms with Crippen LogP contribution in [0.4, 0.5) is 4.79 Å². The zero-order chi connectivity index (χ0) is 24.4. The van der Waals surface area contributed by atoms with Crippen molar-refractivity contribution in [2.24, 2.45) is 11.8 Å². The number of hydrogen-bond donors (Lipinski definition) is 1. The maximum Gasteiger partial charge on any atom is 0.412 e. The van der Waals surface area contributed by atoms with Gasteiger partial charge in [0.05, 0.1) is 5.92 Å². The largest absolute Gasteiger partial charge is 0.460 e. The number of esters is 1. The number of carbonyl (C=O) groups excluding carboxylic acids is 2. The van der Waals surface area contributed by atoms with Crippen LogP contribution in [-0.4, -0.2) is 23.7 Å². The molecule has 1 aromatic carbocycles. The van der Waals surface area contributed by atoms with E-state index in [2.05, 4.69) is 5.32 Å². The van der Waals surface area contributed by atoms with E-state index in [-0.39, 0.29) is 30.6 Å². The summed E-state index contributed by atoms with van der Waals surface area (Å²) < 4.78 is 12.8. The molecule has 0 fully saturated rings. The number of hydrogen-bond acceptors (Lipinski definition) is 4. The molecule has 180 valence electrons. The van der Waals surface area contributed by atoms with Crippen LogP contribution < -0.4 is 9.88 Å². The molecule has 6 nitrogen and oxygen atoms in total. The molecule has 2 rings (SSSR count). The first-order valence-corrected chi connectivity index (χ1v) is 11.7. The van der Waals surface area contributed by atoms with Gasteiger partial charge in [0.15, 0.2) is 12.4 Å². The molecule has 1 aromatic heterocycles. The predicted molar refractivity (Wildman–Crippen MR) is 128 cm³/mol. The van der Waals surface area contributed by atoms with Crippen molar-refractivity contribution in [3.8, 4) is 0 Å². The van der Waals surface area contributed by atoms with Gasteiger partial charge in [-0.25, -0.2) is 4.79 Å². The van der Waals surface area contributed by atoms with Crippen molar-refractivity contribution in [2.75, 3.05) is 0 Å². The highest BCUT2D eigenvalue weighted by Gasteiger charge is 2.27. The third-order valence-electron chi connectivity index (χ3n) is 5.27. The van der Waals surface area contributed by atoms with Crippen LogP contribution in [0.3, 0.4) is 0 Å². The Labute approximate surface area is 198 Å². The number of rotatable bonds is 10. The Bertz CT molecular complexity index is 890. The van der Waals surface area contributed by atoms with Crippen molar-refractivity contribution in [2.45, 2.75) is 79.2 Å². The van der Waals surface area contributed by atoms with E-state index in [4.69, 9.17) is 9.47 Å². The maximum absolute atomic E-state index is 12.6. The van der Waals surface area contributed by atoms with Gasteiger partial charge in [0.1, 0.15) is 5.60 Å². The van der Waals surface area contributed by atoms with Gasteiger partial charge in [0, 0.05) is 17.7 Å². The van der Waals surface area contributed by atoms with Crippen molar-refractivity contribution < 1.29 is 23.6 Å². The van der Waals surface area contributed by atoms with Gasteiger partial charge in [0.25, 0.3) is 6.73 Å². The van der Waals surface area contributed by atoms with Crippen LogP contribution in [0.5, 0.6) is 0 Å². The lowest BCUT2D eigenvalue weighted by atomic mass is 9.89. The van der Waals surface area contributed by atoms with E-state index in [9.17, 15) is 9.59 Å². The Hall–Kier alpha value is -2.89. The van der Waals surface area contributed by atoms with Gasteiger partial charge in [-0.1, -0.05) is 44.2 Å². The highest BCUT2D eigenvalue weighted by Crippen LogP contribution is 2.22. The molecule has 0 unspecified atom stereocenters. The smallest absolute Gasteiger partial charge is 0.412 e. The molecule has 1 amide bonds. The number of pyridine rings is 1. The van der Waals surface area contributed by atoms with Crippen LogP contribution in [0.1, 0.15) is 59.1 Å². The molecule has 6 heteroatoms. The molecular weight excluding hydrogens is 416 g/mol. The standard InChI is InChI=1S/C27H38N2O4/c1-20(2)24(25(30)33-27(4,5)6)15-14-23-13-10-16-29(18-23)19-32-26(31)28-21(3)17-22-11-8-7-9-12-22/h7-13,16,18,20-21,24H,14-15,17,19H2,1-6H3/p+1/t21-,24-/m0/s1. The molecule has 1 N–H and O–H groups in total. The monoisotopic (exact) mass is 455 g/mol. The molecule has 2 atom stereocenters. The summed E-state index contributed by atoms with van der Waals surface area (Å²) >= 11 is 0. The van der Waals surface area contributed by atoms with Crippen LogP contribution >= 0.6 is 0 Å². The van der Waals surface area contributed by atoms with Crippen molar-refractivity contribution in [3.05, 3.63) is 66.0 Å². The summed E-state index contributed by atoms with van der Waals surface area (Å²) in [7, 11) is 0. The second-order valence-electron chi connectivity index (χ2n) is 9.95. The Morgan fingerprint density at radius 3 is 2.30 bits per heavy atom. The van der Waals surface area contributed by atoms with E-state index in [1.807, 2.05) is 101 Å². The van der Waals surface area contributed by atoms with Crippen molar-refractivity contribution in [1.29, 1.82) is 0 Å².